The lowest BCUT2D eigenvalue weighted by molar-refractivity contribution is -0.136. The molecule has 2 atom stereocenters. The number of nitrogens with one attached hydrogen (secondary N) is 3. The number of benzene rings is 1. The summed E-state index contributed by atoms with van der Waals surface area (Å²) in [4.78, 5) is 48.1. The van der Waals surface area contributed by atoms with Crippen molar-refractivity contribution >= 4 is 17.7 Å². The van der Waals surface area contributed by atoms with Crippen LogP contribution in [0.15, 0.2) is 24.4 Å². The van der Waals surface area contributed by atoms with Crippen molar-refractivity contribution in [3.8, 4) is 11.3 Å². The number of aromatic amines is 1. The molecular weight excluding hydrogens is 473 g/mol. The summed E-state index contributed by atoms with van der Waals surface area (Å²) in [6.45, 7) is 8.98. The summed E-state index contributed by atoms with van der Waals surface area (Å²) in [6, 6.07) is 3.43. The molecule has 37 heavy (non-hydrogen) atoms. The molecule has 3 rings (SSSR count). The van der Waals surface area contributed by atoms with Crippen molar-refractivity contribution in [1.29, 1.82) is 0 Å². The maximum absolute atomic E-state index is 14.4. The van der Waals surface area contributed by atoms with E-state index in [0.717, 1.165) is 31.2 Å². The van der Waals surface area contributed by atoms with Crippen LogP contribution in [0.25, 0.3) is 11.3 Å². The molecule has 0 radical (unpaired) electrons. The molecule has 0 bridgehead atoms. The highest BCUT2D eigenvalue weighted by Gasteiger charge is 2.28. The van der Waals surface area contributed by atoms with E-state index in [0.29, 0.717) is 48.9 Å². The number of hydrogen-bond donors (Lipinski definition) is 3. The summed E-state index contributed by atoms with van der Waals surface area (Å²) in [6.07, 6.45) is 6.50. The summed E-state index contributed by atoms with van der Waals surface area (Å²) in [5.74, 6) is -0.388. The molecule has 3 N–H and O–H groups in total. The number of aryl methyl sites for hydroxylation is 1. The zero-order valence-corrected chi connectivity index (χ0v) is 22.4. The lowest BCUT2D eigenvalue weighted by Crippen LogP contribution is -2.50. The van der Waals surface area contributed by atoms with Gasteiger partial charge in [0.2, 0.25) is 17.7 Å². The Kier molecular flexibility index (Phi) is 10.2. The van der Waals surface area contributed by atoms with Crippen molar-refractivity contribution in [1.82, 2.24) is 25.5 Å². The van der Waals surface area contributed by atoms with Crippen molar-refractivity contribution in [2.24, 2.45) is 5.92 Å². The highest BCUT2D eigenvalue weighted by atomic mass is 19.1. The molecule has 1 aliphatic rings. The third-order valence-corrected chi connectivity index (χ3v) is 6.72. The van der Waals surface area contributed by atoms with Crippen molar-refractivity contribution in [3.63, 3.8) is 0 Å². The van der Waals surface area contributed by atoms with E-state index in [-0.39, 0.29) is 24.1 Å². The predicted octanol–water partition coefficient (Wildman–Crippen LogP) is 4.42. The molecule has 1 saturated heterocycles. The molecule has 0 spiro atoms. The summed E-state index contributed by atoms with van der Waals surface area (Å²) >= 11 is 0. The van der Waals surface area contributed by atoms with Gasteiger partial charge in [-0.25, -0.2) is 9.37 Å². The normalized spacial score (nSPS) is 15.7. The number of carbonyl (C=O) groups excluding carboxylic acids is 3. The number of imidazole rings is 1. The van der Waals surface area contributed by atoms with Crippen LogP contribution in [-0.2, 0) is 14.4 Å². The Hall–Kier alpha value is -3.23. The average Bonchev–Trinajstić information content (AvgIpc) is 3.16. The van der Waals surface area contributed by atoms with E-state index >= 15 is 0 Å². The molecule has 0 aliphatic carbocycles. The number of amides is 3. The van der Waals surface area contributed by atoms with Gasteiger partial charge in [-0.1, -0.05) is 32.8 Å². The zero-order chi connectivity index (χ0) is 26.9. The van der Waals surface area contributed by atoms with E-state index < -0.39 is 18.0 Å². The van der Waals surface area contributed by atoms with Crippen molar-refractivity contribution in [2.45, 2.75) is 84.7 Å². The predicted molar refractivity (Wildman–Crippen MR) is 141 cm³/mol. The first-order valence-electron chi connectivity index (χ1n) is 13.3. The summed E-state index contributed by atoms with van der Waals surface area (Å²) < 4.78 is 14.4. The van der Waals surface area contributed by atoms with Gasteiger partial charge < -0.3 is 20.5 Å². The van der Waals surface area contributed by atoms with Gasteiger partial charge in [-0.05, 0) is 56.7 Å². The minimum atomic E-state index is -0.984. The maximum atomic E-state index is 14.4. The lowest BCUT2D eigenvalue weighted by Gasteiger charge is -2.25. The summed E-state index contributed by atoms with van der Waals surface area (Å²) in [5.41, 5.74) is 1.71. The van der Waals surface area contributed by atoms with Crippen LogP contribution in [0.1, 0.15) is 83.1 Å². The average molecular weight is 514 g/mol. The number of rotatable bonds is 10. The zero-order valence-electron chi connectivity index (χ0n) is 22.4. The quantitative estimate of drug-likeness (QED) is 0.437. The Morgan fingerprint density at radius 1 is 1.08 bits per heavy atom. The van der Waals surface area contributed by atoms with Gasteiger partial charge in [0.05, 0.1) is 24.4 Å². The number of likely N-dealkylation sites (tertiary alicyclic amines) is 1. The van der Waals surface area contributed by atoms with Crippen molar-refractivity contribution in [3.05, 3.63) is 41.6 Å². The fraction of sp³-hybridized carbons (Fsp3) is 0.571. The number of hydrogen-bond acceptors (Lipinski definition) is 4. The van der Waals surface area contributed by atoms with Gasteiger partial charge in [0.25, 0.3) is 0 Å². The van der Waals surface area contributed by atoms with E-state index in [1.165, 1.54) is 12.3 Å². The number of carbonyl (C=O) groups is 3. The Bertz CT molecular complexity index is 1080. The maximum Gasteiger partial charge on any atom is 0.243 e. The van der Waals surface area contributed by atoms with Gasteiger partial charge in [-0.2, -0.15) is 0 Å². The largest absolute Gasteiger partial charge is 0.345 e. The minimum Gasteiger partial charge on any atom is -0.345 e. The number of H-pyrrole nitrogens is 1. The number of aromatic nitrogens is 2. The van der Waals surface area contributed by atoms with Crippen LogP contribution in [0.3, 0.4) is 0 Å². The van der Waals surface area contributed by atoms with Crippen LogP contribution in [0.5, 0.6) is 0 Å². The lowest BCUT2D eigenvalue weighted by atomic mass is 10.1. The molecule has 9 heteroatoms. The molecule has 202 valence electrons. The first-order valence-corrected chi connectivity index (χ1v) is 13.3. The molecule has 1 aliphatic heterocycles. The van der Waals surface area contributed by atoms with E-state index in [9.17, 15) is 18.8 Å². The monoisotopic (exact) mass is 513 g/mol. The van der Waals surface area contributed by atoms with E-state index in [4.69, 9.17) is 0 Å². The topological polar surface area (TPSA) is 107 Å². The fourth-order valence-corrected chi connectivity index (χ4v) is 4.43. The van der Waals surface area contributed by atoms with Crippen LogP contribution >= 0.6 is 0 Å². The first-order chi connectivity index (χ1) is 17.6. The van der Waals surface area contributed by atoms with Crippen molar-refractivity contribution in [2.75, 3.05) is 13.1 Å². The van der Waals surface area contributed by atoms with Crippen LogP contribution in [-0.4, -0.2) is 51.7 Å². The Labute approximate surface area is 218 Å². The molecule has 8 nitrogen and oxygen atoms in total. The second-order valence-electron chi connectivity index (χ2n) is 10.4. The minimum absolute atomic E-state index is 0.0933. The van der Waals surface area contributed by atoms with Gasteiger partial charge in [0.15, 0.2) is 0 Å². The number of nitrogens with zero attached hydrogens (tertiary/aromatic N) is 2. The van der Waals surface area contributed by atoms with Gasteiger partial charge in [-0.15, -0.1) is 0 Å². The first kappa shape index (κ1) is 28.3. The molecule has 1 aromatic heterocycles. The summed E-state index contributed by atoms with van der Waals surface area (Å²) in [5, 5.41) is 5.64. The highest BCUT2D eigenvalue weighted by Crippen LogP contribution is 2.23. The highest BCUT2D eigenvalue weighted by molar-refractivity contribution is 5.92. The van der Waals surface area contributed by atoms with Crippen LogP contribution in [0.4, 0.5) is 4.39 Å². The molecule has 2 aromatic rings. The molecule has 0 unspecified atom stereocenters. The molecule has 0 saturated carbocycles. The standard InChI is InChI=1S/C28H40FN5O3/c1-18(2)9-12-25(35)32-23(16-26(36)34-13-7-5-6-8-14-34)28(37)31-20(4)27-30-17-24(33-27)21-11-10-19(3)15-22(21)29/h10-11,15,17-18,20,23H,5-9,12-14,16H2,1-4H3,(H,30,33)(H,31,37)(H,32,35)/t20-,23-/m0/s1. The molecule has 2 heterocycles. The third-order valence-electron chi connectivity index (χ3n) is 6.72. The van der Waals surface area contributed by atoms with E-state index in [2.05, 4.69) is 20.6 Å². The fourth-order valence-electron chi connectivity index (χ4n) is 4.43. The molecular formula is C28H40FN5O3. The summed E-state index contributed by atoms with van der Waals surface area (Å²) in [7, 11) is 0. The van der Waals surface area contributed by atoms with Gasteiger partial charge in [0, 0.05) is 25.1 Å². The Balaban J connectivity index is 1.69. The molecule has 3 amide bonds. The van der Waals surface area contributed by atoms with Crippen molar-refractivity contribution < 1.29 is 18.8 Å². The van der Waals surface area contributed by atoms with Crippen LogP contribution in [0.2, 0.25) is 0 Å². The van der Waals surface area contributed by atoms with Gasteiger partial charge in [0.1, 0.15) is 17.7 Å². The van der Waals surface area contributed by atoms with Crippen LogP contribution < -0.4 is 10.6 Å². The smallest absolute Gasteiger partial charge is 0.243 e. The Morgan fingerprint density at radius 3 is 2.43 bits per heavy atom. The number of halogens is 1. The van der Waals surface area contributed by atoms with Gasteiger partial charge in [-0.3, -0.25) is 14.4 Å². The SMILES string of the molecule is Cc1ccc(-c2cnc([C@H](C)NC(=O)[C@H](CC(=O)N3CCCCCC3)NC(=O)CCC(C)C)[nH]2)c(F)c1. The van der Waals surface area contributed by atoms with E-state index in [1.54, 1.807) is 17.9 Å². The third kappa shape index (κ3) is 8.40. The molecule has 1 fully saturated rings. The second kappa shape index (κ2) is 13.4. The van der Waals surface area contributed by atoms with Crippen LogP contribution in [0, 0.1) is 18.7 Å². The molecule has 1 aromatic carbocycles. The van der Waals surface area contributed by atoms with Gasteiger partial charge >= 0.3 is 0 Å². The Morgan fingerprint density at radius 2 is 1.78 bits per heavy atom. The second-order valence-corrected chi connectivity index (χ2v) is 10.4. The van der Waals surface area contributed by atoms with E-state index in [1.807, 2.05) is 26.8 Å².